The standard InChI is InChI=1S/C28H39N3O3/c1-27-10-7-21-20-8-11-28(33,17-34-2)13-18(20)3-4-22(21)23(27)5-6-24(27)26(32)16-31-25-15-29-12-9-19(25)14-30-31/h9,12,14-15,18,20-24,33H,3-8,10-11,13,16-17H2,1-2H3/t18-,20-,21+,22+,23-,24+,27-,28+/m0/s1. The number of ketones is 1. The third-order valence-electron chi connectivity index (χ3n) is 10.7. The molecule has 2 heterocycles. The van der Waals surface area contributed by atoms with Crippen LogP contribution in [-0.2, 0) is 16.1 Å². The number of carbonyl (C=O) groups is 1. The Hall–Kier alpha value is -1.79. The molecule has 0 bridgehead atoms. The van der Waals surface area contributed by atoms with Crippen molar-refractivity contribution >= 4 is 16.7 Å². The van der Waals surface area contributed by atoms with Crippen LogP contribution in [0.5, 0.6) is 0 Å². The van der Waals surface area contributed by atoms with Gasteiger partial charge in [-0.05, 0) is 98.9 Å². The van der Waals surface area contributed by atoms with Gasteiger partial charge in [-0.2, -0.15) is 5.10 Å². The summed E-state index contributed by atoms with van der Waals surface area (Å²) in [4.78, 5) is 17.8. The van der Waals surface area contributed by atoms with E-state index in [-0.39, 0.29) is 11.3 Å². The Morgan fingerprint density at radius 2 is 1.97 bits per heavy atom. The van der Waals surface area contributed by atoms with E-state index >= 15 is 0 Å². The molecule has 0 unspecified atom stereocenters. The zero-order valence-electron chi connectivity index (χ0n) is 20.7. The van der Waals surface area contributed by atoms with Crippen molar-refractivity contribution in [2.75, 3.05) is 13.7 Å². The largest absolute Gasteiger partial charge is 0.387 e. The first-order valence-electron chi connectivity index (χ1n) is 13.4. The first kappa shape index (κ1) is 22.7. The Bertz CT molecular complexity index is 1070. The summed E-state index contributed by atoms with van der Waals surface area (Å²) in [5.41, 5.74) is 0.448. The van der Waals surface area contributed by atoms with Gasteiger partial charge in [-0.1, -0.05) is 6.92 Å². The van der Waals surface area contributed by atoms with Crippen LogP contribution in [0.4, 0.5) is 0 Å². The predicted octanol–water partition coefficient (Wildman–Crippen LogP) is 4.65. The molecule has 0 radical (unpaired) electrons. The smallest absolute Gasteiger partial charge is 0.157 e. The van der Waals surface area contributed by atoms with E-state index < -0.39 is 5.60 Å². The van der Waals surface area contributed by atoms with Gasteiger partial charge in [0, 0.05) is 24.6 Å². The van der Waals surface area contributed by atoms with E-state index in [9.17, 15) is 9.90 Å². The van der Waals surface area contributed by atoms with Gasteiger partial charge >= 0.3 is 0 Å². The lowest BCUT2D eigenvalue weighted by atomic mass is 9.49. The minimum atomic E-state index is -0.622. The van der Waals surface area contributed by atoms with Crippen LogP contribution in [0, 0.1) is 40.9 Å². The normalized spacial score (nSPS) is 41.6. The molecule has 184 valence electrons. The molecule has 0 amide bonds. The van der Waals surface area contributed by atoms with Crippen LogP contribution in [0.25, 0.3) is 10.9 Å². The van der Waals surface area contributed by atoms with E-state index in [4.69, 9.17) is 4.74 Å². The maximum atomic E-state index is 13.6. The van der Waals surface area contributed by atoms with Gasteiger partial charge in [0.1, 0.15) is 6.54 Å². The molecule has 4 aliphatic carbocycles. The maximum absolute atomic E-state index is 13.6. The SMILES string of the molecule is COC[C@@]1(O)CC[C@H]2[C@@H](CC[C@@H]3[C@@H]2CC[C@]2(C)[C@@H](C(=O)Cn4ncc5ccncc54)CC[C@@H]32)C1. The fourth-order valence-corrected chi connectivity index (χ4v) is 9.19. The number of aromatic nitrogens is 3. The Labute approximate surface area is 202 Å². The minimum Gasteiger partial charge on any atom is -0.387 e. The Morgan fingerprint density at radius 1 is 1.12 bits per heavy atom. The van der Waals surface area contributed by atoms with Crippen molar-refractivity contribution in [3.05, 3.63) is 24.7 Å². The van der Waals surface area contributed by atoms with Gasteiger partial charge in [-0.25, -0.2) is 0 Å². The second-order valence-electron chi connectivity index (χ2n) is 12.2. The number of carbonyl (C=O) groups excluding carboxylic acids is 1. The molecule has 6 nitrogen and oxygen atoms in total. The highest BCUT2D eigenvalue weighted by molar-refractivity contribution is 5.84. The van der Waals surface area contributed by atoms with Crippen LogP contribution in [0.15, 0.2) is 24.7 Å². The molecule has 6 rings (SSSR count). The monoisotopic (exact) mass is 465 g/mol. The molecule has 0 aromatic carbocycles. The number of pyridine rings is 1. The second-order valence-corrected chi connectivity index (χ2v) is 12.2. The van der Waals surface area contributed by atoms with Gasteiger partial charge in [-0.15, -0.1) is 0 Å². The summed E-state index contributed by atoms with van der Waals surface area (Å²) < 4.78 is 7.19. The average molecular weight is 466 g/mol. The molecule has 2 aromatic rings. The number of rotatable bonds is 5. The van der Waals surface area contributed by atoms with Crippen molar-refractivity contribution in [1.29, 1.82) is 0 Å². The minimum absolute atomic E-state index is 0.123. The molecule has 0 saturated heterocycles. The summed E-state index contributed by atoms with van der Waals surface area (Å²) in [6.45, 7) is 3.26. The summed E-state index contributed by atoms with van der Waals surface area (Å²) in [6, 6.07) is 1.95. The van der Waals surface area contributed by atoms with Crippen molar-refractivity contribution in [1.82, 2.24) is 14.8 Å². The number of hydrogen-bond acceptors (Lipinski definition) is 5. The van der Waals surface area contributed by atoms with Gasteiger partial charge in [0.2, 0.25) is 0 Å². The molecule has 4 saturated carbocycles. The number of methoxy groups -OCH3 is 1. The van der Waals surface area contributed by atoms with E-state index in [1.807, 2.05) is 23.1 Å². The Balaban J connectivity index is 1.17. The zero-order valence-corrected chi connectivity index (χ0v) is 20.7. The molecule has 0 aliphatic heterocycles. The summed E-state index contributed by atoms with van der Waals surface area (Å²) >= 11 is 0. The second kappa shape index (κ2) is 8.41. The number of nitrogens with zero attached hydrogens (tertiary/aromatic N) is 3. The lowest BCUT2D eigenvalue weighted by molar-refractivity contribution is -0.136. The van der Waals surface area contributed by atoms with Crippen LogP contribution < -0.4 is 0 Å². The van der Waals surface area contributed by atoms with Crippen LogP contribution in [0.1, 0.15) is 64.7 Å². The summed E-state index contributed by atoms with van der Waals surface area (Å²) in [7, 11) is 1.70. The fraction of sp³-hybridized carbons (Fsp3) is 0.750. The Morgan fingerprint density at radius 3 is 2.82 bits per heavy atom. The number of fused-ring (bicyclic) bond motifs is 6. The lowest BCUT2D eigenvalue weighted by Gasteiger charge is -2.57. The van der Waals surface area contributed by atoms with Crippen LogP contribution >= 0.6 is 0 Å². The molecule has 2 aromatic heterocycles. The maximum Gasteiger partial charge on any atom is 0.157 e. The number of ether oxygens (including phenoxy) is 1. The van der Waals surface area contributed by atoms with Gasteiger partial charge in [0.05, 0.1) is 30.1 Å². The van der Waals surface area contributed by atoms with Gasteiger partial charge in [0.25, 0.3) is 0 Å². The average Bonchev–Trinajstić information content (AvgIpc) is 3.39. The molecule has 0 spiro atoms. The van der Waals surface area contributed by atoms with Crippen molar-refractivity contribution in [2.24, 2.45) is 40.9 Å². The molecular weight excluding hydrogens is 426 g/mol. The van der Waals surface area contributed by atoms with E-state index in [0.29, 0.717) is 30.8 Å². The van der Waals surface area contributed by atoms with Crippen LogP contribution in [0.3, 0.4) is 0 Å². The van der Waals surface area contributed by atoms with Gasteiger partial charge < -0.3 is 9.84 Å². The lowest BCUT2D eigenvalue weighted by Crippen LogP contribution is -2.52. The van der Waals surface area contributed by atoms with Crippen molar-refractivity contribution in [3.63, 3.8) is 0 Å². The molecule has 34 heavy (non-hydrogen) atoms. The fourth-order valence-electron chi connectivity index (χ4n) is 9.19. The first-order chi connectivity index (χ1) is 16.4. The highest BCUT2D eigenvalue weighted by Gasteiger charge is 2.59. The number of aliphatic hydroxyl groups is 1. The van der Waals surface area contributed by atoms with E-state index in [1.165, 1.54) is 32.1 Å². The summed E-state index contributed by atoms with van der Waals surface area (Å²) in [6.07, 6.45) is 15.5. The summed E-state index contributed by atoms with van der Waals surface area (Å²) in [5.74, 6) is 4.08. The van der Waals surface area contributed by atoms with Crippen LogP contribution in [0.2, 0.25) is 0 Å². The third kappa shape index (κ3) is 3.55. The third-order valence-corrected chi connectivity index (χ3v) is 10.7. The van der Waals surface area contributed by atoms with E-state index in [1.54, 1.807) is 13.3 Å². The van der Waals surface area contributed by atoms with Crippen molar-refractivity contribution in [2.45, 2.75) is 76.9 Å². The van der Waals surface area contributed by atoms with Gasteiger partial charge in [-0.3, -0.25) is 14.5 Å². The topological polar surface area (TPSA) is 77.2 Å². The molecule has 4 fully saturated rings. The number of Topliss-reactive ketones (excluding diaryl/α,β-unsaturated/α-hetero) is 1. The van der Waals surface area contributed by atoms with Gasteiger partial charge in [0.15, 0.2) is 5.78 Å². The van der Waals surface area contributed by atoms with Crippen molar-refractivity contribution in [3.8, 4) is 0 Å². The highest BCUT2D eigenvalue weighted by Crippen LogP contribution is 2.64. The molecule has 8 atom stereocenters. The first-order valence-corrected chi connectivity index (χ1v) is 13.4. The zero-order chi connectivity index (χ0) is 23.5. The quantitative estimate of drug-likeness (QED) is 0.696. The predicted molar refractivity (Wildman–Crippen MR) is 130 cm³/mol. The van der Waals surface area contributed by atoms with Crippen LogP contribution in [-0.4, -0.2) is 45.0 Å². The van der Waals surface area contributed by atoms with E-state index in [0.717, 1.165) is 54.3 Å². The highest BCUT2D eigenvalue weighted by atomic mass is 16.5. The Kier molecular flexibility index (Phi) is 5.60. The van der Waals surface area contributed by atoms with Crippen molar-refractivity contribution < 1.29 is 14.6 Å². The molecular formula is C28H39N3O3. The molecule has 1 N–H and O–H groups in total. The van der Waals surface area contributed by atoms with E-state index in [2.05, 4.69) is 17.0 Å². The summed E-state index contributed by atoms with van der Waals surface area (Å²) in [5, 5.41) is 16.5. The molecule has 4 aliphatic rings. The number of hydrogen-bond donors (Lipinski definition) is 1. The molecule has 6 heteroatoms.